The van der Waals surface area contributed by atoms with Gasteiger partial charge in [-0.2, -0.15) is 0 Å². The van der Waals surface area contributed by atoms with Crippen LogP contribution in [0.3, 0.4) is 0 Å². The van der Waals surface area contributed by atoms with E-state index in [1.807, 2.05) is 0 Å². The highest BCUT2D eigenvalue weighted by Gasteiger charge is 2.03. The van der Waals surface area contributed by atoms with Gasteiger partial charge < -0.3 is 0 Å². The van der Waals surface area contributed by atoms with Gasteiger partial charge in [0.25, 0.3) is 0 Å². The van der Waals surface area contributed by atoms with Gasteiger partial charge in [0.05, 0.1) is 0 Å². The van der Waals surface area contributed by atoms with E-state index in [0.717, 1.165) is 38.5 Å². The van der Waals surface area contributed by atoms with Crippen molar-refractivity contribution in [3.05, 3.63) is 47.6 Å². The Balaban J connectivity index is 1.75. The second-order valence-corrected chi connectivity index (χ2v) is 6.24. The van der Waals surface area contributed by atoms with Gasteiger partial charge in [0.1, 0.15) is 0 Å². The first kappa shape index (κ1) is 16.5. The molecular formula is C22H26. The van der Waals surface area contributed by atoms with Crippen LogP contribution in [0.5, 0.6) is 0 Å². The molecule has 0 N–H and O–H groups in total. The van der Waals surface area contributed by atoms with Crippen molar-refractivity contribution in [3.63, 3.8) is 0 Å². The van der Waals surface area contributed by atoms with Gasteiger partial charge in [0, 0.05) is 23.0 Å². The van der Waals surface area contributed by atoms with Gasteiger partial charge >= 0.3 is 0 Å². The molecule has 0 saturated carbocycles. The van der Waals surface area contributed by atoms with Gasteiger partial charge in [0.2, 0.25) is 0 Å². The van der Waals surface area contributed by atoms with Crippen molar-refractivity contribution in [3.8, 4) is 23.7 Å². The van der Waals surface area contributed by atoms with Gasteiger partial charge in [-0.3, -0.25) is 0 Å². The van der Waals surface area contributed by atoms with Crippen molar-refractivity contribution in [1.82, 2.24) is 0 Å². The van der Waals surface area contributed by atoms with E-state index in [9.17, 15) is 0 Å². The molecule has 0 aliphatic heterocycles. The Kier molecular flexibility index (Phi) is 6.86. The zero-order valence-corrected chi connectivity index (χ0v) is 13.9. The lowest BCUT2D eigenvalue weighted by Gasteiger charge is -2.07. The number of allylic oxidation sites excluding steroid dienone is 8. The van der Waals surface area contributed by atoms with Crippen LogP contribution in [0, 0.1) is 35.5 Å². The molecule has 0 aromatic heterocycles. The standard InChI is InChI=1S/C22H26/c1-19(15-17-21-9-5-3-6-10-21)13-14-20(2)16-18-22-11-7-4-8-12-22/h3-5,7,9,11,19-20H,6,8,10,12-14H2,1-2H3. The fourth-order valence-electron chi connectivity index (χ4n) is 2.49. The summed E-state index contributed by atoms with van der Waals surface area (Å²) >= 11 is 0. The summed E-state index contributed by atoms with van der Waals surface area (Å²) in [7, 11) is 0. The average Bonchev–Trinajstić information content (AvgIpc) is 2.58. The summed E-state index contributed by atoms with van der Waals surface area (Å²) < 4.78 is 0. The number of rotatable bonds is 3. The van der Waals surface area contributed by atoms with E-state index in [-0.39, 0.29) is 0 Å². The van der Waals surface area contributed by atoms with Crippen molar-refractivity contribution in [1.29, 1.82) is 0 Å². The molecule has 0 fully saturated rings. The summed E-state index contributed by atoms with van der Waals surface area (Å²) in [6.07, 6.45) is 19.6. The summed E-state index contributed by atoms with van der Waals surface area (Å²) in [5, 5.41) is 0. The molecule has 2 aliphatic carbocycles. The summed E-state index contributed by atoms with van der Waals surface area (Å²) in [4.78, 5) is 0. The Morgan fingerprint density at radius 3 is 1.64 bits per heavy atom. The molecule has 0 nitrogen and oxygen atoms in total. The molecule has 0 saturated heterocycles. The van der Waals surface area contributed by atoms with Crippen molar-refractivity contribution < 1.29 is 0 Å². The maximum Gasteiger partial charge on any atom is 0.0178 e. The Labute approximate surface area is 136 Å². The van der Waals surface area contributed by atoms with Crippen LogP contribution < -0.4 is 0 Å². The number of hydrogen-bond donors (Lipinski definition) is 0. The lowest BCUT2D eigenvalue weighted by Crippen LogP contribution is -1.97. The van der Waals surface area contributed by atoms with Gasteiger partial charge in [-0.1, -0.05) is 74.0 Å². The smallest absolute Gasteiger partial charge is 0.0178 e. The fraction of sp³-hybridized carbons (Fsp3) is 0.455. The zero-order valence-electron chi connectivity index (χ0n) is 13.9. The van der Waals surface area contributed by atoms with E-state index in [1.54, 1.807) is 0 Å². The number of hydrogen-bond acceptors (Lipinski definition) is 0. The molecule has 2 atom stereocenters. The second-order valence-electron chi connectivity index (χ2n) is 6.24. The van der Waals surface area contributed by atoms with Crippen molar-refractivity contribution in [2.45, 2.75) is 52.4 Å². The average molecular weight is 290 g/mol. The molecule has 0 aromatic rings. The minimum atomic E-state index is 0.452. The molecule has 2 aliphatic rings. The first-order chi connectivity index (χ1) is 10.7. The lowest BCUT2D eigenvalue weighted by molar-refractivity contribution is 0.555. The van der Waals surface area contributed by atoms with Crippen LogP contribution in [0.15, 0.2) is 47.6 Å². The van der Waals surface area contributed by atoms with E-state index in [4.69, 9.17) is 0 Å². The molecule has 0 heterocycles. The molecule has 2 rings (SSSR count). The van der Waals surface area contributed by atoms with Gasteiger partial charge in [0.15, 0.2) is 0 Å². The maximum absolute atomic E-state index is 3.39. The molecule has 0 bridgehead atoms. The lowest BCUT2D eigenvalue weighted by atomic mass is 9.97. The highest BCUT2D eigenvalue weighted by molar-refractivity contribution is 5.35. The maximum atomic E-state index is 3.39. The fourth-order valence-corrected chi connectivity index (χ4v) is 2.49. The van der Waals surface area contributed by atoms with Crippen molar-refractivity contribution in [2.24, 2.45) is 11.8 Å². The summed E-state index contributed by atoms with van der Waals surface area (Å²) in [6.45, 7) is 4.45. The van der Waals surface area contributed by atoms with Crippen LogP contribution in [0.1, 0.15) is 52.4 Å². The topological polar surface area (TPSA) is 0 Å². The highest BCUT2D eigenvalue weighted by Crippen LogP contribution is 2.15. The van der Waals surface area contributed by atoms with Crippen molar-refractivity contribution >= 4 is 0 Å². The van der Waals surface area contributed by atoms with Crippen LogP contribution >= 0.6 is 0 Å². The third kappa shape index (κ3) is 6.24. The van der Waals surface area contributed by atoms with Crippen LogP contribution in [-0.2, 0) is 0 Å². The largest absolute Gasteiger partial charge is 0.0951 e. The molecule has 0 aromatic carbocycles. The Hall–Kier alpha value is -1.92. The van der Waals surface area contributed by atoms with E-state index in [0.29, 0.717) is 11.8 Å². The van der Waals surface area contributed by atoms with Crippen LogP contribution in [0.4, 0.5) is 0 Å². The first-order valence-electron chi connectivity index (χ1n) is 8.48. The van der Waals surface area contributed by atoms with Gasteiger partial charge in [-0.05, 0) is 38.5 Å². The van der Waals surface area contributed by atoms with Gasteiger partial charge in [-0.15, -0.1) is 0 Å². The SMILES string of the molecule is CC(C#CC1=CC=CCC1)CCC(C)C#CC1=CC=CCC1. The quantitative estimate of drug-likeness (QED) is 0.594. The first-order valence-corrected chi connectivity index (χ1v) is 8.48. The molecule has 0 spiro atoms. The molecule has 22 heavy (non-hydrogen) atoms. The van der Waals surface area contributed by atoms with E-state index < -0.39 is 0 Å². The normalized spacial score (nSPS) is 19.0. The minimum absolute atomic E-state index is 0.452. The predicted octanol–water partition coefficient (Wildman–Crippen LogP) is 5.60. The predicted molar refractivity (Wildman–Crippen MR) is 96.0 cm³/mol. The van der Waals surface area contributed by atoms with Crippen LogP contribution in [0.25, 0.3) is 0 Å². The Morgan fingerprint density at radius 2 is 1.27 bits per heavy atom. The third-order valence-electron chi connectivity index (χ3n) is 4.02. The van der Waals surface area contributed by atoms with Crippen LogP contribution in [-0.4, -0.2) is 0 Å². The summed E-state index contributed by atoms with van der Waals surface area (Å²) in [5.41, 5.74) is 2.55. The molecular weight excluding hydrogens is 264 g/mol. The zero-order chi connectivity index (χ0) is 15.6. The monoisotopic (exact) mass is 290 g/mol. The van der Waals surface area contributed by atoms with E-state index in [2.05, 4.69) is 74.0 Å². The summed E-state index contributed by atoms with van der Waals surface area (Å²) in [6, 6.07) is 0. The van der Waals surface area contributed by atoms with E-state index >= 15 is 0 Å². The second kappa shape index (κ2) is 9.17. The Bertz CT molecular complexity index is 546. The molecule has 0 heteroatoms. The molecule has 0 radical (unpaired) electrons. The summed E-state index contributed by atoms with van der Waals surface area (Å²) in [5.74, 6) is 14.4. The third-order valence-corrected chi connectivity index (χ3v) is 4.02. The Morgan fingerprint density at radius 1 is 0.818 bits per heavy atom. The van der Waals surface area contributed by atoms with Crippen molar-refractivity contribution in [2.75, 3.05) is 0 Å². The molecule has 0 amide bonds. The van der Waals surface area contributed by atoms with Gasteiger partial charge in [-0.25, -0.2) is 0 Å². The molecule has 2 unspecified atom stereocenters. The van der Waals surface area contributed by atoms with E-state index in [1.165, 1.54) is 11.1 Å². The minimum Gasteiger partial charge on any atom is -0.0951 e. The highest BCUT2D eigenvalue weighted by atomic mass is 14.1. The molecule has 114 valence electrons. The van der Waals surface area contributed by atoms with Crippen LogP contribution in [0.2, 0.25) is 0 Å².